The van der Waals surface area contributed by atoms with Gasteiger partial charge in [-0.2, -0.15) is 0 Å². The van der Waals surface area contributed by atoms with Gasteiger partial charge in [0.2, 0.25) is 5.91 Å². The van der Waals surface area contributed by atoms with Crippen molar-refractivity contribution in [1.29, 1.82) is 0 Å². The maximum atomic E-state index is 11.8. The van der Waals surface area contributed by atoms with Crippen LogP contribution in [0.2, 0.25) is 0 Å². The molecule has 0 aromatic carbocycles. The number of ether oxygens (including phenoxy) is 1. The molecular formula is C15H27NO4. The minimum absolute atomic E-state index is 0.00496. The van der Waals surface area contributed by atoms with Crippen LogP contribution in [0, 0.1) is 11.3 Å². The molecule has 2 unspecified atom stereocenters. The molecule has 0 radical (unpaired) electrons. The number of carboxylic acids is 1. The lowest BCUT2D eigenvalue weighted by atomic mass is 9.84. The highest BCUT2D eigenvalue weighted by Crippen LogP contribution is 2.24. The van der Waals surface area contributed by atoms with Crippen LogP contribution in [0.15, 0.2) is 0 Å². The third-order valence-corrected chi connectivity index (χ3v) is 3.44. The van der Waals surface area contributed by atoms with Gasteiger partial charge in [-0.25, -0.2) is 0 Å². The van der Waals surface area contributed by atoms with Gasteiger partial charge in [0.15, 0.2) is 0 Å². The molecule has 1 amide bonds. The summed E-state index contributed by atoms with van der Waals surface area (Å²) < 4.78 is 5.51. The highest BCUT2D eigenvalue weighted by Gasteiger charge is 2.25. The van der Waals surface area contributed by atoms with E-state index in [0.717, 1.165) is 25.9 Å². The van der Waals surface area contributed by atoms with E-state index in [1.165, 1.54) is 0 Å². The average Bonchev–Trinajstić information content (AvgIpc) is 2.34. The van der Waals surface area contributed by atoms with E-state index in [0.29, 0.717) is 12.8 Å². The molecule has 1 aliphatic rings. The second-order valence-corrected chi connectivity index (χ2v) is 6.80. The van der Waals surface area contributed by atoms with Gasteiger partial charge in [-0.15, -0.1) is 0 Å². The molecular weight excluding hydrogens is 258 g/mol. The molecule has 116 valence electrons. The van der Waals surface area contributed by atoms with Crippen LogP contribution in [0.4, 0.5) is 0 Å². The lowest BCUT2D eigenvalue weighted by Gasteiger charge is -2.24. The molecule has 1 fully saturated rings. The number of nitrogens with one attached hydrogen (secondary N) is 1. The van der Waals surface area contributed by atoms with Crippen molar-refractivity contribution >= 4 is 11.9 Å². The standard InChI is InChI=1S/C15H27NO4/c1-15(2,3)9-11(14(18)19)10-16-13(17)8-12-6-4-5-7-20-12/h11-12H,4-10H2,1-3H3,(H,16,17)(H,18,19). The fourth-order valence-electron chi connectivity index (χ4n) is 2.47. The van der Waals surface area contributed by atoms with Gasteiger partial charge in [0.05, 0.1) is 18.4 Å². The number of carboxylic acid groups (broad SMARTS) is 1. The van der Waals surface area contributed by atoms with Crippen molar-refractivity contribution < 1.29 is 19.4 Å². The highest BCUT2D eigenvalue weighted by molar-refractivity contribution is 5.77. The van der Waals surface area contributed by atoms with Crippen molar-refractivity contribution in [3.05, 3.63) is 0 Å². The van der Waals surface area contributed by atoms with E-state index in [2.05, 4.69) is 5.32 Å². The predicted octanol–water partition coefficient (Wildman–Crippen LogP) is 2.20. The Balaban J connectivity index is 2.34. The highest BCUT2D eigenvalue weighted by atomic mass is 16.5. The molecule has 0 saturated carbocycles. The van der Waals surface area contributed by atoms with Gasteiger partial charge in [0.1, 0.15) is 0 Å². The summed E-state index contributed by atoms with van der Waals surface area (Å²) in [7, 11) is 0. The molecule has 1 saturated heterocycles. The topological polar surface area (TPSA) is 75.6 Å². The van der Waals surface area contributed by atoms with Gasteiger partial charge in [0.25, 0.3) is 0 Å². The number of rotatable bonds is 6. The first-order chi connectivity index (χ1) is 9.28. The second kappa shape index (κ2) is 7.62. The van der Waals surface area contributed by atoms with Crippen LogP contribution >= 0.6 is 0 Å². The summed E-state index contributed by atoms with van der Waals surface area (Å²) in [5, 5.41) is 11.9. The Morgan fingerprint density at radius 2 is 2.05 bits per heavy atom. The second-order valence-electron chi connectivity index (χ2n) is 6.80. The summed E-state index contributed by atoms with van der Waals surface area (Å²) in [4.78, 5) is 23.0. The van der Waals surface area contributed by atoms with E-state index in [4.69, 9.17) is 4.74 Å². The Morgan fingerprint density at radius 1 is 1.35 bits per heavy atom. The van der Waals surface area contributed by atoms with E-state index >= 15 is 0 Å². The molecule has 0 bridgehead atoms. The quantitative estimate of drug-likeness (QED) is 0.784. The molecule has 1 aliphatic heterocycles. The van der Waals surface area contributed by atoms with Gasteiger partial charge in [0, 0.05) is 13.2 Å². The van der Waals surface area contributed by atoms with Crippen molar-refractivity contribution in [3.8, 4) is 0 Å². The third-order valence-electron chi connectivity index (χ3n) is 3.44. The minimum atomic E-state index is -0.853. The monoisotopic (exact) mass is 285 g/mol. The Hall–Kier alpha value is -1.10. The fourth-order valence-corrected chi connectivity index (χ4v) is 2.47. The molecule has 0 aromatic rings. The lowest BCUT2D eigenvalue weighted by Crippen LogP contribution is -2.37. The fraction of sp³-hybridized carbons (Fsp3) is 0.867. The van der Waals surface area contributed by atoms with Gasteiger partial charge in [-0.05, 0) is 31.1 Å². The summed E-state index contributed by atoms with van der Waals surface area (Å²) in [6.45, 7) is 6.92. The van der Waals surface area contributed by atoms with Crippen molar-refractivity contribution in [2.24, 2.45) is 11.3 Å². The van der Waals surface area contributed by atoms with Crippen LogP contribution in [0.5, 0.6) is 0 Å². The van der Waals surface area contributed by atoms with Crippen LogP contribution in [0.1, 0.15) is 52.9 Å². The van der Waals surface area contributed by atoms with Gasteiger partial charge in [-0.3, -0.25) is 9.59 Å². The molecule has 0 aromatic heterocycles. The van der Waals surface area contributed by atoms with Crippen molar-refractivity contribution in [3.63, 3.8) is 0 Å². The molecule has 5 heteroatoms. The molecule has 0 spiro atoms. The van der Waals surface area contributed by atoms with Crippen LogP contribution < -0.4 is 5.32 Å². The van der Waals surface area contributed by atoms with E-state index < -0.39 is 11.9 Å². The number of aliphatic carboxylic acids is 1. The van der Waals surface area contributed by atoms with Gasteiger partial charge in [-0.1, -0.05) is 20.8 Å². The summed E-state index contributed by atoms with van der Waals surface area (Å²) in [6.07, 6.45) is 3.95. The van der Waals surface area contributed by atoms with E-state index in [1.807, 2.05) is 20.8 Å². The number of carbonyl (C=O) groups excluding carboxylic acids is 1. The summed E-state index contributed by atoms with van der Waals surface area (Å²) in [6, 6.07) is 0. The van der Waals surface area contributed by atoms with E-state index in [9.17, 15) is 14.7 Å². The predicted molar refractivity (Wildman–Crippen MR) is 76.4 cm³/mol. The van der Waals surface area contributed by atoms with E-state index in [-0.39, 0.29) is 24.0 Å². The molecule has 2 atom stereocenters. The van der Waals surface area contributed by atoms with Gasteiger partial charge >= 0.3 is 5.97 Å². The Bertz CT molecular complexity index is 329. The molecule has 1 rings (SSSR count). The molecule has 0 aliphatic carbocycles. The van der Waals surface area contributed by atoms with Crippen molar-refractivity contribution in [2.45, 2.75) is 59.0 Å². The van der Waals surface area contributed by atoms with E-state index in [1.54, 1.807) is 0 Å². The zero-order valence-electron chi connectivity index (χ0n) is 12.8. The number of carbonyl (C=O) groups is 2. The maximum absolute atomic E-state index is 11.8. The molecule has 1 heterocycles. The third kappa shape index (κ3) is 6.89. The number of hydrogen-bond donors (Lipinski definition) is 2. The number of amides is 1. The Kier molecular flexibility index (Phi) is 6.46. The molecule has 20 heavy (non-hydrogen) atoms. The molecule has 5 nitrogen and oxygen atoms in total. The zero-order valence-corrected chi connectivity index (χ0v) is 12.8. The average molecular weight is 285 g/mol. The van der Waals surface area contributed by atoms with Crippen LogP contribution in [-0.2, 0) is 14.3 Å². The first kappa shape index (κ1) is 17.0. The zero-order chi connectivity index (χ0) is 15.2. The normalized spacial score (nSPS) is 21.2. The smallest absolute Gasteiger partial charge is 0.308 e. The molecule has 2 N–H and O–H groups in total. The van der Waals surface area contributed by atoms with Crippen LogP contribution in [-0.4, -0.2) is 36.2 Å². The first-order valence-electron chi connectivity index (χ1n) is 7.39. The Labute approximate surface area is 121 Å². The minimum Gasteiger partial charge on any atom is -0.481 e. The van der Waals surface area contributed by atoms with Crippen molar-refractivity contribution in [1.82, 2.24) is 5.32 Å². The summed E-state index contributed by atoms with van der Waals surface area (Å²) in [5.41, 5.74) is -0.0692. The summed E-state index contributed by atoms with van der Waals surface area (Å²) >= 11 is 0. The van der Waals surface area contributed by atoms with Gasteiger partial charge < -0.3 is 15.2 Å². The van der Waals surface area contributed by atoms with Crippen molar-refractivity contribution in [2.75, 3.05) is 13.2 Å². The van der Waals surface area contributed by atoms with Crippen LogP contribution in [0.25, 0.3) is 0 Å². The maximum Gasteiger partial charge on any atom is 0.308 e. The van der Waals surface area contributed by atoms with Crippen LogP contribution in [0.3, 0.4) is 0 Å². The first-order valence-corrected chi connectivity index (χ1v) is 7.39. The largest absolute Gasteiger partial charge is 0.481 e. The number of hydrogen-bond acceptors (Lipinski definition) is 3. The lowest BCUT2D eigenvalue weighted by molar-refractivity contribution is -0.142. The SMILES string of the molecule is CC(C)(C)CC(CNC(=O)CC1CCCCO1)C(=O)O. The summed E-state index contributed by atoms with van der Waals surface area (Å²) in [5.74, 6) is -1.50. The Morgan fingerprint density at radius 3 is 2.55 bits per heavy atom.